The summed E-state index contributed by atoms with van der Waals surface area (Å²) in [7, 11) is 0. The summed E-state index contributed by atoms with van der Waals surface area (Å²) < 4.78 is 5.90. The molecule has 0 spiro atoms. The summed E-state index contributed by atoms with van der Waals surface area (Å²) in [4.78, 5) is 11.9. The van der Waals surface area contributed by atoms with Crippen molar-refractivity contribution in [1.29, 1.82) is 0 Å². The van der Waals surface area contributed by atoms with E-state index in [1.54, 1.807) is 6.07 Å². The van der Waals surface area contributed by atoms with Crippen molar-refractivity contribution in [2.45, 2.75) is 33.1 Å². The predicted molar refractivity (Wildman–Crippen MR) is 72.0 cm³/mol. The number of rotatable bonds is 7. The zero-order valence-electron chi connectivity index (χ0n) is 10.4. The van der Waals surface area contributed by atoms with Gasteiger partial charge in [-0.1, -0.05) is 13.8 Å². The van der Waals surface area contributed by atoms with Crippen LogP contribution in [-0.2, 0) is 0 Å². The van der Waals surface area contributed by atoms with Crippen LogP contribution >= 0.6 is 15.9 Å². The maximum Gasteiger partial charge on any atom is 0.199 e. The van der Waals surface area contributed by atoms with E-state index < -0.39 is 0 Å². The fourth-order valence-corrected chi connectivity index (χ4v) is 2.37. The van der Waals surface area contributed by atoms with E-state index in [2.05, 4.69) is 29.8 Å². The fourth-order valence-electron chi connectivity index (χ4n) is 1.95. The molecule has 1 aromatic rings. The topological polar surface area (TPSA) is 56.2 Å². The van der Waals surface area contributed by atoms with Gasteiger partial charge in [0.2, 0.25) is 0 Å². The van der Waals surface area contributed by atoms with Crippen LogP contribution in [0.4, 0.5) is 0 Å². The number of carbonyl (C=O) groups excluding carboxylic acids is 1. The number of hydrogen-bond donors (Lipinski definition) is 1. The number of furan rings is 1. The average molecular weight is 302 g/mol. The Morgan fingerprint density at radius 2 is 2.18 bits per heavy atom. The molecular formula is C13H20BrNO2. The van der Waals surface area contributed by atoms with E-state index in [0.29, 0.717) is 30.6 Å². The molecule has 0 aliphatic heterocycles. The molecule has 0 aliphatic carbocycles. The van der Waals surface area contributed by atoms with Gasteiger partial charge in [-0.05, 0) is 53.2 Å². The lowest BCUT2D eigenvalue weighted by Crippen LogP contribution is -2.15. The molecule has 2 N–H and O–H groups in total. The zero-order valence-corrected chi connectivity index (χ0v) is 12.0. The summed E-state index contributed by atoms with van der Waals surface area (Å²) >= 11 is 3.30. The van der Waals surface area contributed by atoms with Gasteiger partial charge in [0.15, 0.2) is 11.5 Å². The highest BCUT2D eigenvalue weighted by Crippen LogP contribution is 2.24. The number of halogens is 1. The predicted octanol–water partition coefficient (Wildman–Crippen LogP) is 3.63. The van der Waals surface area contributed by atoms with Crippen molar-refractivity contribution >= 4 is 21.7 Å². The third kappa shape index (κ3) is 4.28. The number of nitrogens with two attached hydrogens (primary N) is 1. The minimum absolute atomic E-state index is 0.0598. The maximum atomic E-state index is 11.9. The van der Waals surface area contributed by atoms with Crippen LogP contribution in [0.25, 0.3) is 0 Å². The standard InChI is InChI=1S/C13H20BrNO2/c1-9(2)10(5-7-15)3-4-12(16)13-11(14)6-8-17-13/h6,8-10H,3-5,7,15H2,1-2H3. The zero-order chi connectivity index (χ0) is 12.8. The first-order chi connectivity index (χ1) is 8.06. The lowest BCUT2D eigenvalue weighted by Gasteiger charge is -2.19. The molecule has 3 nitrogen and oxygen atoms in total. The van der Waals surface area contributed by atoms with Crippen LogP contribution in [0.1, 0.15) is 43.7 Å². The minimum atomic E-state index is 0.0598. The number of ketones is 1. The van der Waals surface area contributed by atoms with E-state index in [1.165, 1.54) is 6.26 Å². The molecule has 0 aromatic carbocycles. The Balaban J connectivity index is 2.49. The molecule has 0 bridgehead atoms. The molecule has 1 atom stereocenters. The van der Waals surface area contributed by atoms with Crippen LogP contribution in [-0.4, -0.2) is 12.3 Å². The molecular weight excluding hydrogens is 282 g/mol. The largest absolute Gasteiger partial charge is 0.460 e. The van der Waals surface area contributed by atoms with Crippen LogP contribution in [0.3, 0.4) is 0 Å². The van der Waals surface area contributed by atoms with Gasteiger partial charge in [0.25, 0.3) is 0 Å². The number of Topliss-reactive ketones (excluding diaryl/α,β-unsaturated/α-hetero) is 1. The first kappa shape index (κ1) is 14.5. The molecule has 0 fully saturated rings. The summed E-state index contributed by atoms with van der Waals surface area (Å²) in [5, 5.41) is 0. The smallest absolute Gasteiger partial charge is 0.199 e. The molecule has 4 heteroatoms. The van der Waals surface area contributed by atoms with Crippen molar-refractivity contribution in [2.75, 3.05) is 6.54 Å². The Kier molecular flexibility index (Phi) is 5.92. The molecule has 96 valence electrons. The van der Waals surface area contributed by atoms with Crippen molar-refractivity contribution < 1.29 is 9.21 Å². The molecule has 0 aliphatic rings. The Labute approximate surface area is 111 Å². The fraction of sp³-hybridized carbons (Fsp3) is 0.615. The third-order valence-corrected chi connectivity index (χ3v) is 3.72. The normalized spacial score (nSPS) is 13.0. The average Bonchev–Trinajstić information content (AvgIpc) is 2.69. The second-order valence-electron chi connectivity index (χ2n) is 4.64. The van der Waals surface area contributed by atoms with E-state index in [0.717, 1.165) is 17.3 Å². The summed E-state index contributed by atoms with van der Waals surface area (Å²) in [5.41, 5.74) is 5.58. The quantitative estimate of drug-likeness (QED) is 0.783. The van der Waals surface area contributed by atoms with E-state index in [-0.39, 0.29) is 5.78 Å². The second-order valence-corrected chi connectivity index (χ2v) is 5.50. The van der Waals surface area contributed by atoms with Gasteiger partial charge in [-0.3, -0.25) is 4.79 Å². The Morgan fingerprint density at radius 3 is 2.65 bits per heavy atom. The highest BCUT2D eigenvalue weighted by molar-refractivity contribution is 9.10. The van der Waals surface area contributed by atoms with Crippen LogP contribution in [0.5, 0.6) is 0 Å². The molecule has 1 aromatic heterocycles. The highest BCUT2D eigenvalue weighted by Gasteiger charge is 2.18. The minimum Gasteiger partial charge on any atom is -0.460 e. The van der Waals surface area contributed by atoms with Crippen LogP contribution < -0.4 is 5.73 Å². The Morgan fingerprint density at radius 1 is 1.47 bits per heavy atom. The lowest BCUT2D eigenvalue weighted by molar-refractivity contribution is 0.0941. The van der Waals surface area contributed by atoms with Crippen LogP contribution in [0.15, 0.2) is 21.2 Å². The van der Waals surface area contributed by atoms with Crippen molar-refractivity contribution in [3.63, 3.8) is 0 Å². The van der Waals surface area contributed by atoms with Gasteiger partial charge in [-0.25, -0.2) is 0 Å². The van der Waals surface area contributed by atoms with E-state index in [9.17, 15) is 4.79 Å². The first-order valence-corrected chi connectivity index (χ1v) is 6.81. The summed E-state index contributed by atoms with van der Waals surface area (Å²) in [6, 6.07) is 1.74. The SMILES string of the molecule is CC(C)C(CCN)CCC(=O)c1occc1Br. The van der Waals surface area contributed by atoms with Gasteiger partial charge in [-0.2, -0.15) is 0 Å². The summed E-state index contributed by atoms with van der Waals surface area (Å²) in [5.74, 6) is 1.56. The van der Waals surface area contributed by atoms with E-state index >= 15 is 0 Å². The number of hydrogen-bond acceptors (Lipinski definition) is 3. The molecule has 0 saturated carbocycles. The second kappa shape index (κ2) is 6.97. The van der Waals surface area contributed by atoms with Gasteiger partial charge in [0, 0.05) is 6.42 Å². The number of carbonyl (C=O) groups is 1. The van der Waals surface area contributed by atoms with E-state index in [4.69, 9.17) is 10.2 Å². The Hall–Kier alpha value is -0.610. The maximum absolute atomic E-state index is 11.9. The lowest BCUT2D eigenvalue weighted by atomic mass is 9.87. The van der Waals surface area contributed by atoms with E-state index in [1.807, 2.05) is 0 Å². The van der Waals surface area contributed by atoms with Gasteiger partial charge in [0.05, 0.1) is 10.7 Å². The highest BCUT2D eigenvalue weighted by atomic mass is 79.9. The van der Waals surface area contributed by atoms with Crippen molar-refractivity contribution in [3.05, 3.63) is 22.6 Å². The molecule has 1 unspecified atom stereocenters. The third-order valence-electron chi connectivity index (χ3n) is 3.09. The van der Waals surface area contributed by atoms with Gasteiger partial charge in [0.1, 0.15) is 0 Å². The van der Waals surface area contributed by atoms with Crippen molar-refractivity contribution in [2.24, 2.45) is 17.6 Å². The van der Waals surface area contributed by atoms with Crippen LogP contribution in [0.2, 0.25) is 0 Å². The molecule has 0 radical (unpaired) electrons. The molecule has 1 rings (SSSR count). The molecule has 17 heavy (non-hydrogen) atoms. The van der Waals surface area contributed by atoms with Crippen LogP contribution in [0, 0.1) is 11.8 Å². The molecule has 1 heterocycles. The van der Waals surface area contributed by atoms with Crippen molar-refractivity contribution in [3.8, 4) is 0 Å². The van der Waals surface area contributed by atoms with Crippen molar-refractivity contribution in [1.82, 2.24) is 0 Å². The summed E-state index contributed by atoms with van der Waals surface area (Å²) in [6.45, 7) is 5.03. The monoisotopic (exact) mass is 301 g/mol. The van der Waals surface area contributed by atoms with Gasteiger partial charge in [-0.15, -0.1) is 0 Å². The summed E-state index contributed by atoms with van der Waals surface area (Å²) in [6.07, 6.45) is 3.90. The Bertz CT molecular complexity index is 360. The first-order valence-electron chi connectivity index (χ1n) is 6.02. The van der Waals surface area contributed by atoms with Gasteiger partial charge < -0.3 is 10.2 Å². The molecule has 0 saturated heterocycles. The molecule has 0 amide bonds. The van der Waals surface area contributed by atoms with Gasteiger partial charge >= 0.3 is 0 Å².